The van der Waals surface area contributed by atoms with E-state index in [9.17, 15) is 8.42 Å². The summed E-state index contributed by atoms with van der Waals surface area (Å²) in [5.41, 5.74) is 7.61. The third-order valence-electron chi connectivity index (χ3n) is 2.50. The van der Waals surface area contributed by atoms with Gasteiger partial charge in [-0.3, -0.25) is 0 Å². The molecule has 19 heavy (non-hydrogen) atoms. The summed E-state index contributed by atoms with van der Waals surface area (Å²) in [5, 5.41) is 0. The predicted octanol–water partition coefficient (Wildman–Crippen LogP) is 1.45. The third-order valence-corrected chi connectivity index (χ3v) is 4.11. The fourth-order valence-electron chi connectivity index (χ4n) is 1.49. The van der Waals surface area contributed by atoms with Gasteiger partial charge >= 0.3 is 0 Å². The van der Waals surface area contributed by atoms with E-state index < -0.39 is 10.0 Å². The van der Waals surface area contributed by atoms with Gasteiger partial charge in [-0.25, -0.2) is 13.1 Å². The van der Waals surface area contributed by atoms with Crippen LogP contribution < -0.4 is 10.5 Å². The monoisotopic (exact) mass is 284 g/mol. The zero-order valence-electron chi connectivity index (χ0n) is 11.3. The lowest BCUT2D eigenvalue weighted by Gasteiger charge is -2.11. The average molecular weight is 284 g/mol. The van der Waals surface area contributed by atoms with Crippen molar-refractivity contribution in [2.75, 3.05) is 25.5 Å². The van der Waals surface area contributed by atoms with E-state index in [-0.39, 0.29) is 11.4 Å². The number of anilines is 1. The molecule has 106 valence electrons. The molecule has 0 fully saturated rings. The summed E-state index contributed by atoms with van der Waals surface area (Å²) < 4.78 is 31.8. The minimum Gasteiger partial charge on any atom is -0.398 e. The Labute approximate surface area is 114 Å². The van der Waals surface area contributed by atoms with Gasteiger partial charge < -0.3 is 10.5 Å². The van der Waals surface area contributed by atoms with Crippen LogP contribution in [-0.2, 0) is 14.8 Å². The molecular formula is C13H20N2O3S. The van der Waals surface area contributed by atoms with Gasteiger partial charge in [0.25, 0.3) is 0 Å². The number of ether oxygens (including phenoxy) is 1. The van der Waals surface area contributed by atoms with Crippen molar-refractivity contribution in [2.45, 2.75) is 18.7 Å². The van der Waals surface area contributed by atoms with Gasteiger partial charge in [0.05, 0.1) is 18.1 Å². The van der Waals surface area contributed by atoms with Crippen LogP contribution in [0.3, 0.4) is 0 Å². The number of nitrogens with two attached hydrogens (primary N) is 1. The van der Waals surface area contributed by atoms with Crippen LogP contribution in [0.1, 0.15) is 12.5 Å². The molecule has 0 aliphatic carbocycles. The molecule has 0 heterocycles. The molecule has 1 rings (SSSR count). The van der Waals surface area contributed by atoms with Crippen LogP contribution in [-0.4, -0.2) is 28.2 Å². The first kappa shape index (κ1) is 15.7. The molecule has 0 saturated heterocycles. The minimum atomic E-state index is -3.55. The first-order valence-corrected chi connectivity index (χ1v) is 7.40. The summed E-state index contributed by atoms with van der Waals surface area (Å²) in [6, 6.07) is 4.82. The van der Waals surface area contributed by atoms with E-state index in [0.717, 1.165) is 5.57 Å². The van der Waals surface area contributed by atoms with Crippen LogP contribution >= 0.6 is 0 Å². The van der Waals surface area contributed by atoms with Gasteiger partial charge in [-0.05, 0) is 31.5 Å². The van der Waals surface area contributed by atoms with Crippen LogP contribution in [0.2, 0.25) is 0 Å². The largest absolute Gasteiger partial charge is 0.398 e. The first-order chi connectivity index (χ1) is 8.84. The topological polar surface area (TPSA) is 81.4 Å². The molecule has 0 aromatic heterocycles. The molecule has 6 heteroatoms. The third kappa shape index (κ3) is 4.66. The fourth-order valence-corrected chi connectivity index (χ4v) is 2.78. The van der Waals surface area contributed by atoms with Crippen molar-refractivity contribution >= 4 is 15.7 Å². The minimum absolute atomic E-state index is 0.201. The van der Waals surface area contributed by atoms with E-state index in [0.29, 0.717) is 24.5 Å². The van der Waals surface area contributed by atoms with E-state index in [2.05, 4.69) is 11.3 Å². The molecule has 0 unspecified atom stereocenters. The Balaban J connectivity index is 2.61. The number of benzene rings is 1. The smallest absolute Gasteiger partial charge is 0.240 e. The van der Waals surface area contributed by atoms with Gasteiger partial charge in [0.15, 0.2) is 0 Å². The van der Waals surface area contributed by atoms with E-state index in [4.69, 9.17) is 10.5 Å². The van der Waals surface area contributed by atoms with Crippen LogP contribution in [0.4, 0.5) is 5.69 Å². The lowest BCUT2D eigenvalue weighted by molar-refractivity contribution is 0.162. The van der Waals surface area contributed by atoms with Crippen LogP contribution in [0.5, 0.6) is 0 Å². The zero-order chi connectivity index (χ0) is 14.5. The standard InChI is InChI=1S/C13H20N2O3S/c1-10(2)9-18-8-7-15-19(16,17)13-6-4-5-12(14)11(13)3/h4-6,15H,1,7-9,14H2,2-3H3. The quantitative estimate of drug-likeness (QED) is 0.451. The second-order valence-corrected chi connectivity index (χ2v) is 6.11. The highest BCUT2D eigenvalue weighted by Gasteiger charge is 2.16. The molecule has 0 aliphatic heterocycles. The molecule has 0 bridgehead atoms. The van der Waals surface area contributed by atoms with Gasteiger partial charge in [0, 0.05) is 12.2 Å². The summed E-state index contributed by atoms with van der Waals surface area (Å²) in [5.74, 6) is 0. The number of nitrogens with one attached hydrogen (secondary N) is 1. The molecule has 0 aliphatic rings. The predicted molar refractivity (Wildman–Crippen MR) is 76.4 cm³/mol. The Bertz CT molecular complexity index is 553. The molecule has 1 aromatic carbocycles. The summed E-state index contributed by atoms with van der Waals surface area (Å²) in [6.45, 7) is 8.16. The number of nitrogen functional groups attached to an aromatic ring is 1. The van der Waals surface area contributed by atoms with Crippen molar-refractivity contribution in [3.05, 3.63) is 35.9 Å². The Kier molecular flexibility index (Phi) is 5.53. The first-order valence-electron chi connectivity index (χ1n) is 5.91. The van der Waals surface area contributed by atoms with Crippen molar-refractivity contribution in [1.82, 2.24) is 4.72 Å². The van der Waals surface area contributed by atoms with Crippen molar-refractivity contribution in [2.24, 2.45) is 0 Å². The summed E-state index contributed by atoms with van der Waals surface area (Å²) in [7, 11) is -3.55. The molecule has 0 atom stereocenters. The lowest BCUT2D eigenvalue weighted by Crippen LogP contribution is -2.28. The van der Waals surface area contributed by atoms with Gasteiger partial charge in [-0.15, -0.1) is 0 Å². The van der Waals surface area contributed by atoms with Crippen molar-refractivity contribution < 1.29 is 13.2 Å². The van der Waals surface area contributed by atoms with E-state index in [1.54, 1.807) is 19.1 Å². The molecule has 0 amide bonds. The number of sulfonamides is 1. The highest BCUT2D eigenvalue weighted by Crippen LogP contribution is 2.19. The van der Waals surface area contributed by atoms with Crippen molar-refractivity contribution in [3.8, 4) is 0 Å². The highest BCUT2D eigenvalue weighted by molar-refractivity contribution is 7.89. The summed E-state index contributed by atoms with van der Waals surface area (Å²) in [6.07, 6.45) is 0. The van der Waals surface area contributed by atoms with Gasteiger partial charge in [0.1, 0.15) is 0 Å². The van der Waals surface area contributed by atoms with Gasteiger partial charge in [0.2, 0.25) is 10.0 Å². The number of hydrogen-bond donors (Lipinski definition) is 2. The van der Waals surface area contributed by atoms with E-state index in [1.807, 2.05) is 6.92 Å². The molecule has 1 aromatic rings. The maximum Gasteiger partial charge on any atom is 0.240 e. The molecule has 3 N–H and O–H groups in total. The second-order valence-electron chi connectivity index (χ2n) is 4.38. The molecule has 0 spiro atoms. The van der Waals surface area contributed by atoms with E-state index in [1.165, 1.54) is 6.07 Å². The Hall–Kier alpha value is -1.37. The maximum absolute atomic E-state index is 12.1. The average Bonchev–Trinajstić information content (AvgIpc) is 2.31. The molecular weight excluding hydrogens is 264 g/mol. The lowest BCUT2D eigenvalue weighted by atomic mass is 10.2. The van der Waals surface area contributed by atoms with Crippen molar-refractivity contribution in [3.63, 3.8) is 0 Å². The molecule has 5 nitrogen and oxygen atoms in total. The molecule has 0 saturated carbocycles. The van der Waals surface area contributed by atoms with E-state index >= 15 is 0 Å². The Morgan fingerprint density at radius 1 is 1.47 bits per heavy atom. The number of rotatable bonds is 7. The Morgan fingerprint density at radius 2 is 2.16 bits per heavy atom. The normalized spacial score (nSPS) is 11.5. The Morgan fingerprint density at radius 3 is 2.79 bits per heavy atom. The fraction of sp³-hybridized carbons (Fsp3) is 0.385. The SMILES string of the molecule is C=C(C)COCCNS(=O)(=O)c1cccc(N)c1C. The highest BCUT2D eigenvalue weighted by atomic mass is 32.2. The summed E-state index contributed by atoms with van der Waals surface area (Å²) in [4.78, 5) is 0.201. The second kappa shape index (κ2) is 6.70. The summed E-state index contributed by atoms with van der Waals surface area (Å²) >= 11 is 0. The van der Waals surface area contributed by atoms with Gasteiger partial charge in [-0.2, -0.15) is 0 Å². The van der Waals surface area contributed by atoms with Crippen LogP contribution in [0.15, 0.2) is 35.2 Å². The zero-order valence-corrected chi connectivity index (χ0v) is 12.1. The van der Waals surface area contributed by atoms with Crippen molar-refractivity contribution in [1.29, 1.82) is 0 Å². The van der Waals surface area contributed by atoms with Gasteiger partial charge in [-0.1, -0.05) is 18.2 Å². The maximum atomic E-state index is 12.1. The number of hydrogen-bond acceptors (Lipinski definition) is 4. The van der Waals surface area contributed by atoms with Crippen LogP contribution in [0.25, 0.3) is 0 Å². The van der Waals surface area contributed by atoms with Crippen LogP contribution in [0, 0.1) is 6.92 Å². The molecule has 0 radical (unpaired) electrons.